The number of imidazole rings is 1. The summed E-state index contributed by atoms with van der Waals surface area (Å²) in [7, 11) is 0. The Labute approximate surface area is 177 Å². The number of nitrogens with one attached hydrogen (secondary N) is 1. The van der Waals surface area contributed by atoms with E-state index in [4.69, 9.17) is 10.1 Å². The summed E-state index contributed by atoms with van der Waals surface area (Å²) in [5, 5.41) is 8.42. The summed E-state index contributed by atoms with van der Waals surface area (Å²) in [4.78, 5) is 8.40. The summed E-state index contributed by atoms with van der Waals surface area (Å²) in [6.07, 6.45) is 4.67. The van der Waals surface area contributed by atoms with Crippen LogP contribution in [0.25, 0.3) is 0 Å². The summed E-state index contributed by atoms with van der Waals surface area (Å²) < 4.78 is 8.03. The predicted octanol–water partition coefficient (Wildman–Crippen LogP) is 4.13. The molecule has 0 saturated heterocycles. The molecule has 0 aliphatic rings. The van der Waals surface area contributed by atoms with Crippen molar-refractivity contribution in [1.82, 2.24) is 9.55 Å². The molecule has 150 valence electrons. The first-order valence-corrected chi connectivity index (χ1v) is 10.0. The second-order valence-corrected chi connectivity index (χ2v) is 7.68. The van der Waals surface area contributed by atoms with Crippen molar-refractivity contribution in [2.75, 3.05) is 0 Å². The van der Waals surface area contributed by atoms with Gasteiger partial charge < -0.3 is 9.30 Å². The summed E-state index contributed by atoms with van der Waals surface area (Å²) in [5.41, 5.74) is 6.53. The lowest BCUT2D eigenvalue weighted by Crippen LogP contribution is -2.10. The number of aryl methyl sites for hydroxylation is 6. The number of amidine groups is 1. The fourth-order valence-electron chi connectivity index (χ4n) is 3.10. The third kappa shape index (κ3) is 5.35. The minimum absolute atomic E-state index is 0.150. The van der Waals surface area contributed by atoms with E-state index in [2.05, 4.69) is 47.1 Å². The molecule has 0 spiro atoms. The zero-order valence-corrected chi connectivity index (χ0v) is 18.3. The molecule has 1 heterocycles. The zero-order valence-electron chi connectivity index (χ0n) is 17.3. The molecule has 3 rings (SSSR count). The number of aromatic nitrogens is 2. The minimum Gasteiger partial charge on any atom is -0.402 e. The minimum atomic E-state index is 0.150. The summed E-state index contributed by atoms with van der Waals surface area (Å²) in [6.45, 7) is 9.07. The maximum absolute atomic E-state index is 8.16. The molecule has 1 N–H and O–H groups in total. The molecule has 0 fully saturated rings. The Kier molecular flexibility index (Phi) is 6.54. The average Bonchev–Trinajstić information content (AvgIpc) is 3.08. The van der Waals surface area contributed by atoms with Gasteiger partial charge in [-0.1, -0.05) is 35.9 Å². The number of ether oxygens (including phenoxy) is 1. The maximum atomic E-state index is 8.16. The summed E-state index contributed by atoms with van der Waals surface area (Å²) in [6, 6.07) is 11.9. The molecule has 2 aromatic carbocycles. The molecule has 29 heavy (non-hydrogen) atoms. The van der Waals surface area contributed by atoms with Crippen LogP contribution in [0, 0.1) is 33.1 Å². The lowest BCUT2D eigenvalue weighted by molar-refractivity contribution is 0.561. The van der Waals surface area contributed by atoms with Crippen LogP contribution in [0.3, 0.4) is 0 Å². The smallest absolute Gasteiger partial charge is 0.402 e. The molecule has 3 aromatic rings. The first-order valence-electron chi connectivity index (χ1n) is 9.54. The number of rotatable bonds is 5. The maximum Gasteiger partial charge on any atom is 0.414 e. The van der Waals surface area contributed by atoms with Gasteiger partial charge in [-0.2, -0.15) is 0 Å². The highest BCUT2D eigenvalue weighted by atomic mass is 32.1. The van der Waals surface area contributed by atoms with Crippen molar-refractivity contribution in [3.05, 3.63) is 82.4 Å². The van der Waals surface area contributed by atoms with Crippen LogP contribution in [-0.2, 0) is 25.6 Å². The number of benzene rings is 2. The second kappa shape index (κ2) is 9.09. The van der Waals surface area contributed by atoms with E-state index in [-0.39, 0.29) is 11.1 Å². The summed E-state index contributed by atoms with van der Waals surface area (Å²) in [5.74, 6) is 0.882. The lowest BCUT2D eigenvalue weighted by atomic mass is 10.0. The van der Waals surface area contributed by atoms with E-state index in [9.17, 15) is 0 Å². The van der Waals surface area contributed by atoms with Crippen molar-refractivity contribution in [3.8, 4) is 5.75 Å². The molecule has 0 radical (unpaired) electrons. The van der Waals surface area contributed by atoms with E-state index in [1.807, 2.05) is 56.7 Å². The standard InChI is InChI=1S/C23H26N4OS/c1-15-5-7-19(8-6-15)22(24)26-23(29)28-21-12-16(2)20(11-17(21)3)9-10-27-14-25-13-18(27)4/h5-8,11-14H,9-10H2,1-4H3,(H2,24,26,29)/p+1. The van der Waals surface area contributed by atoms with Gasteiger partial charge in [0, 0.05) is 24.0 Å². The first-order chi connectivity index (χ1) is 13.8. The molecule has 0 saturated carbocycles. The molecule has 0 amide bonds. The molecule has 0 atom stereocenters. The van der Waals surface area contributed by atoms with Gasteiger partial charge in [0.25, 0.3) is 0 Å². The van der Waals surface area contributed by atoms with Crippen LogP contribution in [-0.4, -0.2) is 20.6 Å². The van der Waals surface area contributed by atoms with Gasteiger partial charge in [0.2, 0.25) is 0 Å². The lowest BCUT2D eigenvalue weighted by Gasteiger charge is -2.12. The van der Waals surface area contributed by atoms with Crippen LogP contribution >= 0.6 is 0 Å². The Bertz CT molecular complexity index is 1050. The van der Waals surface area contributed by atoms with Gasteiger partial charge in [0.15, 0.2) is 5.84 Å². The largest absolute Gasteiger partial charge is 0.414 e. The zero-order chi connectivity index (χ0) is 21.0. The summed E-state index contributed by atoms with van der Waals surface area (Å²) >= 11 is 3.40. The van der Waals surface area contributed by atoms with Gasteiger partial charge in [-0.3, -0.25) is 5.41 Å². The van der Waals surface area contributed by atoms with Crippen molar-refractivity contribution in [2.24, 2.45) is 4.99 Å². The molecule has 0 unspecified atom stereocenters. The predicted molar refractivity (Wildman–Crippen MR) is 123 cm³/mol. The van der Waals surface area contributed by atoms with Crippen LogP contribution in [0.2, 0.25) is 0 Å². The Morgan fingerprint density at radius 1 is 1.10 bits per heavy atom. The van der Waals surface area contributed by atoms with Gasteiger partial charge >= 0.3 is 5.23 Å². The van der Waals surface area contributed by atoms with Crippen LogP contribution in [0.4, 0.5) is 0 Å². The van der Waals surface area contributed by atoms with Gasteiger partial charge in [-0.25, -0.2) is 4.98 Å². The van der Waals surface area contributed by atoms with E-state index < -0.39 is 0 Å². The van der Waals surface area contributed by atoms with Gasteiger partial charge in [-0.15, -0.1) is 4.99 Å². The number of aliphatic imine (C=N–C) groups is 1. The monoisotopic (exact) mass is 407 g/mol. The molecule has 5 nitrogen and oxygen atoms in total. The van der Waals surface area contributed by atoms with Crippen molar-refractivity contribution < 1.29 is 4.74 Å². The first kappa shape index (κ1) is 20.9. The number of nitrogens with zero attached hydrogens (tertiary/aromatic N) is 3. The Morgan fingerprint density at radius 2 is 1.83 bits per heavy atom. The Morgan fingerprint density at radius 3 is 2.48 bits per heavy atom. The molecule has 1 aromatic heterocycles. The molecule has 0 bridgehead atoms. The van der Waals surface area contributed by atoms with Crippen molar-refractivity contribution >= 4 is 23.7 Å². The fourth-order valence-corrected chi connectivity index (χ4v) is 3.32. The van der Waals surface area contributed by atoms with Gasteiger partial charge in [0.05, 0.1) is 19.0 Å². The van der Waals surface area contributed by atoms with Crippen molar-refractivity contribution in [1.29, 1.82) is 5.41 Å². The van der Waals surface area contributed by atoms with E-state index in [0.29, 0.717) is 0 Å². The highest BCUT2D eigenvalue weighted by molar-refractivity contribution is 7.77. The highest BCUT2D eigenvalue weighted by Crippen LogP contribution is 2.24. The van der Waals surface area contributed by atoms with E-state index in [0.717, 1.165) is 46.7 Å². The Hall–Kier alpha value is -2.86. The molecule has 0 aliphatic heterocycles. The average molecular weight is 408 g/mol. The topological polar surface area (TPSA) is 63.3 Å². The third-order valence-corrected chi connectivity index (χ3v) is 5.13. The number of hydrogen-bond donors (Lipinski definition) is 1. The van der Waals surface area contributed by atoms with Gasteiger partial charge in [0.1, 0.15) is 5.75 Å². The quantitative estimate of drug-likeness (QED) is 0.393. The molecule has 0 aliphatic carbocycles. The van der Waals surface area contributed by atoms with Crippen LogP contribution in [0.1, 0.15) is 33.5 Å². The van der Waals surface area contributed by atoms with Gasteiger partial charge in [-0.05, 0) is 56.9 Å². The van der Waals surface area contributed by atoms with Crippen molar-refractivity contribution in [2.45, 2.75) is 40.7 Å². The molecule has 6 heteroatoms. The number of hydrogen-bond acceptors (Lipinski definition) is 3. The van der Waals surface area contributed by atoms with Crippen LogP contribution < -0.4 is 4.74 Å². The Balaban J connectivity index is 1.70. The van der Waals surface area contributed by atoms with Crippen molar-refractivity contribution in [3.63, 3.8) is 0 Å². The second-order valence-electron chi connectivity index (χ2n) is 7.26. The van der Waals surface area contributed by atoms with E-state index in [1.54, 1.807) is 0 Å². The SMILES string of the molecule is Cc1ccc(C(=N)N=C([SH2+])Oc2cc(C)c(CCn3cncc3C)cc2C)cc1. The van der Waals surface area contributed by atoms with Crippen LogP contribution in [0.15, 0.2) is 53.9 Å². The molecular formula is C23H27N4OS+. The highest BCUT2D eigenvalue weighted by Gasteiger charge is 2.12. The van der Waals surface area contributed by atoms with Crippen LogP contribution in [0.5, 0.6) is 5.75 Å². The van der Waals surface area contributed by atoms with E-state index in [1.165, 1.54) is 5.56 Å². The fraction of sp³-hybridized carbons (Fsp3) is 0.261. The van der Waals surface area contributed by atoms with E-state index >= 15 is 0 Å². The molecular weight excluding hydrogens is 380 g/mol. The third-order valence-electron chi connectivity index (χ3n) is 4.92. The normalized spacial score (nSPS) is 11.6.